The molecule has 1 fully saturated rings. The average molecular weight is 474 g/mol. The zero-order valence-corrected chi connectivity index (χ0v) is 18.6. The molecule has 1 radical (unpaired) electrons. The monoisotopic (exact) mass is 473 g/mol. The van der Waals surface area contributed by atoms with Crippen LogP contribution in [0.4, 0.5) is 13.2 Å². The van der Waals surface area contributed by atoms with Crippen molar-refractivity contribution in [2.45, 2.75) is 55.0 Å². The smallest absolute Gasteiger partial charge is 0.383 e. The van der Waals surface area contributed by atoms with Gasteiger partial charge in [0, 0.05) is 19.5 Å². The molecular formula is C21H26F3N3O4S+. The van der Waals surface area contributed by atoms with E-state index in [-0.39, 0.29) is 30.3 Å². The van der Waals surface area contributed by atoms with E-state index in [0.29, 0.717) is 24.6 Å². The fraction of sp³-hybridized carbons (Fsp3) is 0.524. The summed E-state index contributed by atoms with van der Waals surface area (Å²) < 4.78 is 64.3. The van der Waals surface area contributed by atoms with Gasteiger partial charge >= 0.3 is 6.18 Å². The topological polar surface area (TPSA) is 101 Å². The highest BCUT2D eigenvalue weighted by molar-refractivity contribution is 7.92. The van der Waals surface area contributed by atoms with E-state index in [0.717, 1.165) is 12.1 Å². The van der Waals surface area contributed by atoms with E-state index < -0.39 is 38.3 Å². The van der Waals surface area contributed by atoms with Crippen LogP contribution in [0.2, 0.25) is 0 Å². The second-order valence-corrected chi connectivity index (χ2v) is 11.1. The molecule has 11 heteroatoms. The molecule has 0 spiro atoms. The predicted molar refractivity (Wildman–Crippen MR) is 112 cm³/mol. The fourth-order valence-electron chi connectivity index (χ4n) is 4.06. The van der Waals surface area contributed by atoms with Gasteiger partial charge in [-0.25, -0.2) is 13.7 Å². The number of nitrogens with zero attached hydrogens (tertiary/aromatic N) is 2. The van der Waals surface area contributed by atoms with E-state index in [2.05, 4.69) is 10.3 Å². The van der Waals surface area contributed by atoms with E-state index in [9.17, 15) is 31.5 Å². The highest BCUT2D eigenvalue weighted by atomic mass is 32.2. The van der Waals surface area contributed by atoms with Crippen LogP contribution >= 0.6 is 0 Å². The number of nitrogens with one attached hydrogen (secondary N) is 1. The standard InChI is InChI=1S/C21H26F3N3O4S/c1-20(2,32(30,31)17-5-3-4-15(10-17)21(22,23)24)14-6-8-27(9-7-14)19(29)18(28)11-16-12-25-13-26-16/h3-5,10,12-14,18,26,28H,6-9,11H2,1-2H3/q+1/t18-/m0/s1. The Bertz CT molecular complexity index is 1030. The van der Waals surface area contributed by atoms with Crippen molar-refractivity contribution in [2.75, 3.05) is 13.1 Å². The number of carbonyl (C=O) groups excluding carboxylic acids is 1. The largest absolute Gasteiger partial charge is 0.416 e. The zero-order chi connectivity index (χ0) is 23.7. The van der Waals surface area contributed by atoms with Gasteiger partial charge in [0.15, 0.2) is 16.0 Å². The fourth-order valence-corrected chi connectivity index (χ4v) is 5.88. The molecule has 0 aliphatic carbocycles. The lowest BCUT2D eigenvalue weighted by molar-refractivity contribution is -0.141. The van der Waals surface area contributed by atoms with Crippen LogP contribution in [0.15, 0.2) is 41.1 Å². The van der Waals surface area contributed by atoms with Crippen LogP contribution < -0.4 is 10.3 Å². The van der Waals surface area contributed by atoms with Crippen molar-refractivity contribution in [3.63, 3.8) is 0 Å². The lowest BCUT2D eigenvalue weighted by Gasteiger charge is -2.40. The summed E-state index contributed by atoms with van der Waals surface area (Å²) in [6.07, 6.45) is -2.11. The number of aliphatic hydroxyl groups excluding tert-OH is 1. The third-order valence-electron chi connectivity index (χ3n) is 6.21. The number of sulfone groups is 1. The first-order valence-corrected chi connectivity index (χ1v) is 11.7. The quantitative estimate of drug-likeness (QED) is 0.659. The van der Waals surface area contributed by atoms with Crippen molar-refractivity contribution in [3.05, 3.63) is 41.7 Å². The maximum absolute atomic E-state index is 13.2. The van der Waals surface area contributed by atoms with Crippen LogP contribution in [0.3, 0.4) is 0 Å². The molecule has 1 saturated heterocycles. The van der Waals surface area contributed by atoms with Gasteiger partial charge < -0.3 is 10.0 Å². The van der Waals surface area contributed by atoms with Crippen molar-refractivity contribution in [1.82, 2.24) is 15.2 Å². The number of aliphatic hydroxyl groups is 1. The number of amides is 1. The molecule has 32 heavy (non-hydrogen) atoms. The molecule has 1 aromatic rings. The van der Waals surface area contributed by atoms with Gasteiger partial charge in [-0.2, -0.15) is 13.2 Å². The Morgan fingerprint density at radius 2 is 1.94 bits per heavy atom. The van der Waals surface area contributed by atoms with E-state index in [4.69, 9.17) is 0 Å². The molecule has 175 valence electrons. The number of halogens is 3. The summed E-state index contributed by atoms with van der Waals surface area (Å²) in [6, 6.07) is 3.77. The van der Waals surface area contributed by atoms with Gasteiger partial charge in [0.1, 0.15) is 11.8 Å². The minimum atomic E-state index is -4.64. The number of piperidine rings is 1. The minimum Gasteiger partial charge on any atom is -0.383 e. The maximum Gasteiger partial charge on any atom is 0.416 e. The molecule has 2 N–H and O–H groups in total. The van der Waals surface area contributed by atoms with Crippen molar-refractivity contribution in [3.8, 4) is 0 Å². The number of alkyl halides is 3. The van der Waals surface area contributed by atoms with Crippen LogP contribution in [-0.2, 0) is 20.8 Å². The molecule has 1 atom stereocenters. The first-order chi connectivity index (χ1) is 14.8. The number of aliphatic imine (C=N–C) groups is 1. The van der Waals surface area contributed by atoms with Crippen LogP contribution in [0.25, 0.3) is 0 Å². The maximum atomic E-state index is 13.2. The normalized spacial score (nSPS) is 18.9. The Hall–Kier alpha value is -2.40. The van der Waals surface area contributed by atoms with E-state index >= 15 is 0 Å². The number of hydrogen-bond acceptors (Lipinski definition) is 6. The molecule has 3 rings (SSSR count). The first kappa shape index (κ1) is 24.2. The number of benzene rings is 1. The van der Waals surface area contributed by atoms with E-state index in [1.807, 2.05) is 0 Å². The number of rotatable bonds is 6. The molecule has 0 aromatic heterocycles. The van der Waals surface area contributed by atoms with Gasteiger partial charge in [0.2, 0.25) is 0 Å². The van der Waals surface area contributed by atoms with Crippen molar-refractivity contribution in [2.24, 2.45) is 5.92 Å². The lowest BCUT2D eigenvalue weighted by atomic mass is 9.85. The second kappa shape index (κ2) is 8.86. The first-order valence-electron chi connectivity index (χ1n) is 10.2. The number of carbonyl (C=O) groups is 1. The van der Waals surface area contributed by atoms with Gasteiger partial charge in [-0.3, -0.25) is 4.79 Å². The SMILES string of the molecule is CC(C)(C1CCN(C(=O)[C@@H](O)CC2=C[N+]=CN2)CC1)S(=O)(=O)c1cccc(C(F)(F)F)c1. The Labute approximate surface area is 184 Å². The van der Waals surface area contributed by atoms with Crippen molar-refractivity contribution in [1.29, 1.82) is 0 Å². The summed E-state index contributed by atoms with van der Waals surface area (Å²) in [5.74, 6) is -0.813. The Balaban J connectivity index is 1.68. The van der Waals surface area contributed by atoms with Gasteiger partial charge in [-0.15, -0.1) is 0 Å². The van der Waals surface area contributed by atoms with Gasteiger partial charge in [-0.05, 0) is 50.8 Å². The van der Waals surface area contributed by atoms with Gasteiger partial charge in [-0.1, -0.05) is 11.1 Å². The summed E-state index contributed by atoms with van der Waals surface area (Å²) in [4.78, 5) is 17.5. The lowest BCUT2D eigenvalue weighted by Crippen LogP contribution is -2.49. The number of likely N-dealkylation sites (tertiary alicyclic amines) is 1. The Kier molecular flexibility index (Phi) is 6.71. The van der Waals surface area contributed by atoms with Crippen molar-refractivity contribution < 1.29 is 31.5 Å². The molecule has 0 unspecified atom stereocenters. The highest BCUT2D eigenvalue weighted by Crippen LogP contribution is 2.39. The Morgan fingerprint density at radius 1 is 1.28 bits per heavy atom. The van der Waals surface area contributed by atoms with E-state index in [1.54, 1.807) is 0 Å². The third kappa shape index (κ3) is 4.83. The molecule has 1 amide bonds. The minimum absolute atomic E-state index is 0.0914. The molecule has 2 aliphatic heterocycles. The summed E-state index contributed by atoms with van der Waals surface area (Å²) in [7, 11) is -4.07. The molecule has 0 saturated carbocycles. The molecular weight excluding hydrogens is 447 g/mol. The van der Waals surface area contributed by atoms with Gasteiger partial charge in [0.25, 0.3) is 12.2 Å². The summed E-state index contributed by atoms with van der Waals surface area (Å²) in [5.41, 5.74) is -0.393. The van der Waals surface area contributed by atoms with Crippen LogP contribution in [0.5, 0.6) is 0 Å². The molecule has 2 aliphatic rings. The molecule has 2 heterocycles. The van der Waals surface area contributed by atoms with Crippen LogP contribution in [0, 0.1) is 5.92 Å². The third-order valence-corrected chi connectivity index (χ3v) is 8.80. The zero-order valence-electron chi connectivity index (χ0n) is 17.8. The summed E-state index contributed by atoms with van der Waals surface area (Å²) >= 11 is 0. The van der Waals surface area contributed by atoms with E-state index in [1.165, 1.54) is 37.4 Å². The predicted octanol–water partition coefficient (Wildman–Crippen LogP) is 2.06. The average Bonchev–Trinajstić information content (AvgIpc) is 3.25. The molecule has 7 nitrogen and oxygen atoms in total. The Morgan fingerprint density at radius 3 is 2.50 bits per heavy atom. The molecule has 0 bridgehead atoms. The number of hydrogen-bond donors (Lipinski definition) is 2. The van der Waals surface area contributed by atoms with Crippen LogP contribution in [0.1, 0.15) is 38.7 Å². The van der Waals surface area contributed by atoms with Crippen LogP contribution in [-0.4, -0.2) is 54.6 Å². The highest BCUT2D eigenvalue weighted by Gasteiger charge is 2.45. The van der Waals surface area contributed by atoms with Gasteiger partial charge in [0.05, 0.1) is 15.2 Å². The summed E-state index contributed by atoms with van der Waals surface area (Å²) in [6.45, 7) is 3.53. The second-order valence-electron chi connectivity index (χ2n) is 8.53. The molecule has 1 aromatic carbocycles. The van der Waals surface area contributed by atoms with Crippen molar-refractivity contribution >= 4 is 22.1 Å². The summed E-state index contributed by atoms with van der Waals surface area (Å²) in [5, 5.41) is 13.0.